The fraction of sp³-hybridized carbons (Fsp3) is 0.400. The number of aromatic nitrogens is 6. The van der Waals surface area contributed by atoms with Crippen molar-refractivity contribution in [3.05, 3.63) is 81.4 Å². The number of carbonyl (C=O) groups excluding carboxylic acids is 1. The molecule has 47 heavy (non-hydrogen) atoms. The molecule has 0 radical (unpaired) electrons. The number of aryl methyl sites for hydroxylation is 1. The molecular formula is C30H35N7O9S. The van der Waals surface area contributed by atoms with Crippen LogP contribution >= 0.6 is 11.8 Å². The van der Waals surface area contributed by atoms with Gasteiger partial charge in [0, 0.05) is 30.0 Å². The molecule has 2 N–H and O–H groups in total. The van der Waals surface area contributed by atoms with Crippen molar-refractivity contribution < 1.29 is 39.2 Å². The maximum Gasteiger partial charge on any atom is 0.510 e. The molecule has 2 aromatic carbocycles. The molecule has 2 aromatic heterocycles. The van der Waals surface area contributed by atoms with Crippen LogP contribution < -0.4 is 0 Å². The van der Waals surface area contributed by atoms with Crippen molar-refractivity contribution in [2.75, 3.05) is 24.7 Å². The number of aliphatic hydroxyl groups is 1. The minimum absolute atomic E-state index is 0.0290. The summed E-state index contributed by atoms with van der Waals surface area (Å²) in [5, 5.41) is 42.3. The average molecular weight is 670 g/mol. The summed E-state index contributed by atoms with van der Waals surface area (Å²) >= 11 is 1.32. The van der Waals surface area contributed by atoms with Gasteiger partial charge < -0.3 is 29.1 Å². The number of carboxylic acid groups (broad SMARTS) is 1. The number of thioether (sulfide) groups is 1. The molecule has 4 aromatic rings. The van der Waals surface area contributed by atoms with Crippen LogP contribution in [-0.4, -0.2) is 81.9 Å². The van der Waals surface area contributed by atoms with Crippen LogP contribution in [0.2, 0.25) is 0 Å². The number of rotatable bonds is 17. The van der Waals surface area contributed by atoms with Crippen molar-refractivity contribution in [3.63, 3.8) is 0 Å². The maximum absolute atomic E-state index is 12.2. The van der Waals surface area contributed by atoms with Crippen LogP contribution in [0.1, 0.15) is 54.8 Å². The van der Waals surface area contributed by atoms with Gasteiger partial charge in [-0.05, 0) is 42.2 Å². The second-order valence-corrected chi connectivity index (χ2v) is 11.9. The van der Waals surface area contributed by atoms with Gasteiger partial charge in [-0.2, -0.15) is 11.8 Å². The van der Waals surface area contributed by atoms with Crippen molar-refractivity contribution in [2.24, 2.45) is 0 Å². The molecule has 17 heteroatoms. The van der Waals surface area contributed by atoms with Gasteiger partial charge in [0.05, 0.1) is 0 Å². The van der Waals surface area contributed by atoms with Gasteiger partial charge in [-0.25, -0.2) is 14.6 Å². The van der Waals surface area contributed by atoms with E-state index in [1.165, 1.54) is 25.6 Å². The van der Waals surface area contributed by atoms with Gasteiger partial charge in [0.25, 0.3) is 5.09 Å². The predicted octanol–water partition coefficient (Wildman–Crippen LogP) is 4.18. The Bertz CT molecular complexity index is 1680. The Morgan fingerprint density at radius 3 is 2.40 bits per heavy atom. The highest BCUT2D eigenvalue weighted by atomic mass is 32.2. The number of ether oxygens (including phenoxy) is 2. The van der Waals surface area contributed by atoms with E-state index in [1.54, 1.807) is 4.57 Å². The van der Waals surface area contributed by atoms with Crippen molar-refractivity contribution in [2.45, 2.75) is 52.5 Å². The highest BCUT2D eigenvalue weighted by Gasteiger charge is 2.31. The first kappa shape index (κ1) is 34.8. The number of nitrogens with zero attached hydrogens (tertiary/aromatic N) is 7. The number of imidazole rings is 1. The SMILES string of the molecule is CCCc1nc(C(C)(C)O)c(C(=O)O)n1Cc1ccc(-c2ccccc2-c2nnn(COC(=O)OCCSCCO[N+](=O)[O-])n2)cc1. The van der Waals surface area contributed by atoms with E-state index in [2.05, 4.69) is 25.2 Å². The minimum Gasteiger partial charge on any atom is -0.477 e. The van der Waals surface area contributed by atoms with E-state index in [0.717, 1.165) is 27.9 Å². The number of aromatic carboxylic acids is 1. The molecule has 0 aliphatic heterocycles. The van der Waals surface area contributed by atoms with Crippen LogP contribution in [0.25, 0.3) is 22.5 Å². The molecule has 4 rings (SSSR count). The van der Waals surface area contributed by atoms with Gasteiger partial charge in [-0.15, -0.1) is 25.1 Å². The van der Waals surface area contributed by atoms with Gasteiger partial charge in [0.15, 0.2) is 5.69 Å². The third-order valence-corrected chi connectivity index (χ3v) is 7.61. The Morgan fingerprint density at radius 2 is 1.74 bits per heavy atom. The number of benzene rings is 2. The van der Waals surface area contributed by atoms with Crippen LogP contribution in [0.15, 0.2) is 48.5 Å². The number of hydrogen-bond donors (Lipinski definition) is 2. The molecular weight excluding hydrogens is 634 g/mol. The van der Waals surface area contributed by atoms with E-state index < -0.39 is 22.8 Å². The molecule has 0 saturated carbocycles. The van der Waals surface area contributed by atoms with Crippen LogP contribution in [0.4, 0.5) is 4.79 Å². The van der Waals surface area contributed by atoms with Gasteiger partial charge in [0.2, 0.25) is 12.6 Å². The topological polar surface area (TPSA) is 207 Å². The molecule has 0 bridgehead atoms. The normalized spacial score (nSPS) is 11.3. The lowest BCUT2D eigenvalue weighted by Crippen LogP contribution is -2.22. The number of carbonyl (C=O) groups is 2. The van der Waals surface area contributed by atoms with Crippen LogP contribution in [0, 0.1) is 10.1 Å². The lowest BCUT2D eigenvalue weighted by Gasteiger charge is -2.16. The summed E-state index contributed by atoms with van der Waals surface area (Å²) in [5.41, 5.74) is 1.91. The summed E-state index contributed by atoms with van der Waals surface area (Å²) in [5.74, 6) is 0.540. The molecule has 0 saturated heterocycles. The molecule has 0 aliphatic carbocycles. The molecule has 0 spiro atoms. The van der Waals surface area contributed by atoms with Gasteiger partial charge in [-0.3, -0.25) is 0 Å². The Hall–Kier alpha value is -5.03. The monoisotopic (exact) mass is 669 g/mol. The lowest BCUT2D eigenvalue weighted by atomic mass is 9.98. The first-order chi connectivity index (χ1) is 22.5. The van der Waals surface area contributed by atoms with E-state index in [4.69, 9.17) is 9.47 Å². The smallest absolute Gasteiger partial charge is 0.477 e. The van der Waals surface area contributed by atoms with E-state index in [-0.39, 0.29) is 37.9 Å². The lowest BCUT2D eigenvalue weighted by molar-refractivity contribution is -0.756. The van der Waals surface area contributed by atoms with Crippen molar-refractivity contribution >= 4 is 23.9 Å². The van der Waals surface area contributed by atoms with Crippen molar-refractivity contribution in [1.29, 1.82) is 0 Å². The Labute approximate surface area is 273 Å². The molecule has 0 unspecified atom stereocenters. The fourth-order valence-electron chi connectivity index (χ4n) is 4.64. The van der Waals surface area contributed by atoms with Crippen molar-refractivity contribution in [3.8, 4) is 22.5 Å². The number of carboxylic acids is 1. The molecule has 250 valence electrons. The number of hydrogen-bond acceptors (Lipinski definition) is 13. The van der Waals surface area contributed by atoms with E-state index >= 15 is 0 Å². The second kappa shape index (κ2) is 16.0. The van der Waals surface area contributed by atoms with E-state index in [1.807, 2.05) is 55.5 Å². The Kier molecular flexibility index (Phi) is 11.9. The predicted molar refractivity (Wildman–Crippen MR) is 169 cm³/mol. The average Bonchev–Trinajstić information content (AvgIpc) is 3.65. The summed E-state index contributed by atoms with van der Waals surface area (Å²) in [6, 6.07) is 15.1. The Morgan fingerprint density at radius 1 is 1.04 bits per heavy atom. The molecule has 2 heterocycles. The van der Waals surface area contributed by atoms with Crippen LogP contribution in [0.3, 0.4) is 0 Å². The fourth-order valence-corrected chi connectivity index (χ4v) is 5.24. The standard InChI is InChI=1S/C30H35N7O9S/c1-4-7-24-31-26(30(2,3)41)25(28(38)39)35(24)18-20-10-12-21(13-11-20)22-8-5-6-9-23(22)27-32-34-36(33-27)19-45-29(40)44-14-16-47-17-15-46-37(42)43/h5-6,8-13,41H,4,7,14-19H2,1-3H3,(H,38,39). The van der Waals surface area contributed by atoms with Crippen LogP contribution in [-0.2, 0) is 39.6 Å². The van der Waals surface area contributed by atoms with Gasteiger partial charge in [0.1, 0.15) is 30.3 Å². The third kappa shape index (κ3) is 9.49. The summed E-state index contributed by atoms with van der Waals surface area (Å²) in [4.78, 5) is 44.1. The second-order valence-electron chi connectivity index (χ2n) is 10.7. The zero-order valence-corrected chi connectivity index (χ0v) is 26.9. The zero-order chi connectivity index (χ0) is 34.0. The molecule has 16 nitrogen and oxygen atoms in total. The van der Waals surface area contributed by atoms with E-state index in [9.17, 15) is 29.9 Å². The highest BCUT2D eigenvalue weighted by molar-refractivity contribution is 7.99. The van der Waals surface area contributed by atoms with E-state index in [0.29, 0.717) is 35.1 Å². The quantitative estimate of drug-likeness (QED) is 0.0700. The maximum atomic E-state index is 12.2. The summed E-state index contributed by atoms with van der Waals surface area (Å²) in [6.07, 6.45) is 0.404. The highest BCUT2D eigenvalue weighted by Crippen LogP contribution is 2.31. The van der Waals surface area contributed by atoms with Crippen molar-refractivity contribution in [1.82, 2.24) is 29.8 Å². The first-order valence-corrected chi connectivity index (χ1v) is 15.8. The van der Waals surface area contributed by atoms with Gasteiger partial charge >= 0.3 is 12.1 Å². The van der Waals surface area contributed by atoms with Gasteiger partial charge in [-0.1, -0.05) is 55.5 Å². The zero-order valence-electron chi connectivity index (χ0n) is 26.1. The summed E-state index contributed by atoms with van der Waals surface area (Å²) < 4.78 is 11.7. The molecule has 0 aliphatic rings. The number of tetrazole rings is 1. The first-order valence-electron chi connectivity index (χ1n) is 14.6. The molecule has 0 amide bonds. The van der Waals surface area contributed by atoms with Crippen LogP contribution in [0.5, 0.6) is 0 Å². The molecule has 0 fully saturated rings. The summed E-state index contributed by atoms with van der Waals surface area (Å²) in [7, 11) is 0. The Balaban J connectivity index is 1.41. The third-order valence-electron chi connectivity index (χ3n) is 6.70. The largest absolute Gasteiger partial charge is 0.510 e. The molecule has 0 atom stereocenters. The minimum atomic E-state index is -1.42. The summed E-state index contributed by atoms with van der Waals surface area (Å²) in [6.45, 7) is 4.97.